The summed E-state index contributed by atoms with van der Waals surface area (Å²) < 4.78 is 10.1. The van der Waals surface area contributed by atoms with Crippen LogP contribution in [0.2, 0.25) is 0 Å². The van der Waals surface area contributed by atoms with E-state index in [1.807, 2.05) is 34.6 Å². The van der Waals surface area contributed by atoms with Gasteiger partial charge in [-0.3, -0.25) is 0 Å². The molecule has 0 aliphatic rings. The summed E-state index contributed by atoms with van der Waals surface area (Å²) >= 11 is 0. The summed E-state index contributed by atoms with van der Waals surface area (Å²) in [5.41, 5.74) is -0.282. The second kappa shape index (κ2) is 4.45. The summed E-state index contributed by atoms with van der Waals surface area (Å²) in [4.78, 5) is 11.0. The van der Waals surface area contributed by atoms with Crippen molar-refractivity contribution in [1.82, 2.24) is 0 Å². The highest BCUT2D eigenvalue weighted by Gasteiger charge is 2.13. The molecule has 0 rings (SSSR count). The number of rotatable bonds is 3. The molecule has 0 radical (unpaired) electrons. The molecule has 0 spiro atoms. The number of esters is 1. The van der Waals surface area contributed by atoms with E-state index in [-0.39, 0.29) is 24.3 Å². The molecular weight excluding hydrogens is 156 g/mol. The third-order valence-electron chi connectivity index (χ3n) is 0.990. The van der Waals surface area contributed by atoms with Crippen LogP contribution in [0.5, 0.6) is 0 Å². The van der Waals surface area contributed by atoms with E-state index in [1.165, 1.54) is 0 Å². The monoisotopic (exact) mass is 174 g/mol. The molecule has 0 amide bonds. The molecule has 0 aromatic heterocycles. The second-order valence-corrected chi connectivity index (χ2v) is 3.94. The van der Waals surface area contributed by atoms with E-state index in [0.717, 1.165) is 0 Å². The van der Waals surface area contributed by atoms with Crippen LogP contribution in [0, 0.1) is 0 Å². The molecule has 72 valence electrons. The van der Waals surface area contributed by atoms with Crippen molar-refractivity contribution in [1.29, 1.82) is 0 Å². The summed E-state index contributed by atoms with van der Waals surface area (Å²) in [6.07, 6.45) is -0.0685. The number of carbonyl (C=O) groups is 1. The fourth-order valence-electron chi connectivity index (χ4n) is 0.572. The molecule has 12 heavy (non-hydrogen) atoms. The predicted molar refractivity (Wildman–Crippen MR) is 46.9 cm³/mol. The van der Waals surface area contributed by atoms with Gasteiger partial charge >= 0.3 is 5.97 Å². The number of hydrogen-bond acceptors (Lipinski definition) is 3. The molecule has 0 fully saturated rings. The third-order valence-corrected chi connectivity index (χ3v) is 0.990. The van der Waals surface area contributed by atoms with Crippen molar-refractivity contribution in [3.8, 4) is 0 Å². The zero-order chi connectivity index (χ0) is 9.78. The average Bonchev–Trinajstić information content (AvgIpc) is 1.80. The normalized spacial score (nSPS) is 11.8. The Bertz CT molecular complexity index is 144. The zero-order valence-electron chi connectivity index (χ0n) is 8.51. The minimum atomic E-state index is -0.306. The molecule has 0 aromatic carbocycles. The Morgan fingerprint density at radius 2 is 1.83 bits per heavy atom. The number of ether oxygens (including phenoxy) is 2. The van der Waals surface area contributed by atoms with Crippen molar-refractivity contribution >= 4 is 5.97 Å². The summed E-state index contributed by atoms with van der Waals surface area (Å²) in [5, 5.41) is 0. The van der Waals surface area contributed by atoms with Crippen molar-refractivity contribution in [3.05, 3.63) is 0 Å². The van der Waals surface area contributed by atoms with Crippen molar-refractivity contribution < 1.29 is 14.3 Å². The van der Waals surface area contributed by atoms with Gasteiger partial charge < -0.3 is 9.47 Å². The van der Waals surface area contributed by atoms with Gasteiger partial charge in [-0.25, -0.2) is 4.79 Å². The lowest BCUT2D eigenvalue weighted by atomic mass is 10.2. The Balaban J connectivity index is 3.58. The molecule has 0 aromatic rings. The van der Waals surface area contributed by atoms with Crippen LogP contribution in [0.1, 0.15) is 34.6 Å². The summed E-state index contributed by atoms with van der Waals surface area (Å²) in [6.45, 7) is 9.35. The van der Waals surface area contributed by atoms with Gasteiger partial charge in [0.25, 0.3) is 0 Å². The van der Waals surface area contributed by atoms with E-state index in [4.69, 9.17) is 9.47 Å². The van der Waals surface area contributed by atoms with E-state index < -0.39 is 0 Å². The van der Waals surface area contributed by atoms with E-state index in [1.54, 1.807) is 0 Å². The minimum absolute atomic E-state index is 0.0294. The highest BCUT2D eigenvalue weighted by molar-refractivity contribution is 5.70. The van der Waals surface area contributed by atoms with Gasteiger partial charge in [0.15, 0.2) is 0 Å². The van der Waals surface area contributed by atoms with Crippen LogP contribution < -0.4 is 0 Å². The fraction of sp³-hybridized carbons (Fsp3) is 0.889. The van der Waals surface area contributed by atoms with Crippen LogP contribution in [0.3, 0.4) is 0 Å². The lowest BCUT2D eigenvalue weighted by Gasteiger charge is -2.19. The van der Waals surface area contributed by atoms with Gasteiger partial charge in [0.05, 0.1) is 11.7 Å². The first-order chi connectivity index (χ1) is 5.31. The van der Waals surface area contributed by atoms with E-state index in [0.29, 0.717) is 0 Å². The van der Waals surface area contributed by atoms with Crippen LogP contribution in [0.15, 0.2) is 0 Å². The van der Waals surface area contributed by atoms with E-state index in [9.17, 15) is 4.79 Å². The molecule has 0 aliphatic carbocycles. The highest BCUT2D eigenvalue weighted by atomic mass is 16.6. The molecular formula is C9H18O3. The molecule has 0 atom stereocenters. The lowest BCUT2D eigenvalue weighted by molar-refractivity contribution is -0.157. The van der Waals surface area contributed by atoms with Crippen LogP contribution >= 0.6 is 0 Å². The maximum Gasteiger partial charge on any atom is 0.332 e. The maximum absolute atomic E-state index is 11.0. The maximum atomic E-state index is 11.0. The van der Waals surface area contributed by atoms with E-state index >= 15 is 0 Å². The minimum Gasteiger partial charge on any atom is -0.461 e. The molecule has 0 heterocycles. The van der Waals surface area contributed by atoms with Crippen molar-refractivity contribution in [2.45, 2.75) is 46.3 Å². The Hall–Kier alpha value is -0.570. The van der Waals surface area contributed by atoms with Crippen molar-refractivity contribution in [2.75, 3.05) is 6.61 Å². The first-order valence-electron chi connectivity index (χ1n) is 4.15. The molecule has 3 nitrogen and oxygen atoms in total. The summed E-state index contributed by atoms with van der Waals surface area (Å²) in [5.74, 6) is -0.306. The topological polar surface area (TPSA) is 35.5 Å². The Morgan fingerprint density at radius 1 is 1.33 bits per heavy atom. The van der Waals surface area contributed by atoms with Crippen LogP contribution in [0.4, 0.5) is 0 Å². The zero-order valence-corrected chi connectivity index (χ0v) is 8.51. The Morgan fingerprint density at radius 3 is 2.17 bits per heavy atom. The van der Waals surface area contributed by atoms with Crippen LogP contribution in [-0.4, -0.2) is 24.3 Å². The van der Waals surface area contributed by atoms with Gasteiger partial charge in [0.2, 0.25) is 0 Å². The molecule has 0 N–H and O–H groups in total. The van der Waals surface area contributed by atoms with Gasteiger partial charge in [-0.1, -0.05) is 0 Å². The Kier molecular flexibility index (Phi) is 4.24. The molecule has 0 saturated carbocycles. The van der Waals surface area contributed by atoms with Crippen LogP contribution in [-0.2, 0) is 14.3 Å². The van der Waals surface area contributed by atoms with Crippen molar-refractivity contribution in [3.63, 3.8) is 0 Å². The van der Waals surface area contributed by atoms with Gasteiger partial charge in [0.1, 0.15) is 6.61 Å². The SMILES string of the molecule is CC(C)OC(=O)COC(C)(C)C. The first-order valence-corrected chi connectivity index (χ1v) is 4.15. The fourth-order valence-corrected chi connectivity index (χ4v) is 0.572. The van der Waals surface area contributed by atoms with E-state index in [2.05, 4.69) is 0 Å². The summed E-state index contributed by atoms with van der Waals surface area (Å²) in [6, 6.07) is 0. The smallest absolute Gasteiger partial charge is 0.332 e. The standard InChI is InChI=1S/C9H18O3/c1-7(2)12-8(10)6-11-9(3,4)5/h7H,6H2,1-5H3. The number of hydrogen-bond donors (Lipinski definition) is 0. The quantitative estimate of drug-likeness (QED) is 0.611. The van der Waals surface area contributed by atoms with Gasteiger partial charge in [-0.2, -0.15) is 0 Å². The molecule has 0 unspecified atom stereocenters. The average molecular weight is 174 g/mol. The highest BCUT2D eigenvalue weighted by Crippen LogP contribution is 2.06. The molecule has 0 aliphatic heterocycles. The Labute approximate surface area is 74.0 Å². The largest absolute Gasteiger partial charge is 0.461 e. The lowest BCUT2D eigenvalue weighted by Crippen LogP contribution is -2.26. The van der Waals surface area contributed by atoms with Crippen LogP contribution in [0.25, 0.3) is 0 Å². The summed E-state index contributed by atoms with van der Waals surface area (Å²) in [7, 11) is 0. The first kappa shape index (κ1) is 11.4. The van der Waals surface area contributed by atoms with Gasteiger partial charge in [0, 0.05) is 0 Å². The predicted octanol–water partition coefficient (Wildman–Crippen LogP) is 1.75. The van der Waals surface area contributed by atoms with Gasteiger partial charge in [-0.15, -0.1) is 0 Å². The molecule has 0 bridgehead atoms. The van der Waals surface area contributed by atoms with Gasteiger partial charge in [-0.05, 0) is 34.6 Å². The third kappa shape index (κ3) is 7.54. The van der Waals surface area contributed by atoms with Crippen molar-refractivity contribution in [2.24, 2.45) is 0 Å². The molecule has 0 saturated heterocycles. The number of carbonyl (C=O) groups excluding carboxylic acids is 1. The second-order valence-electron chi connectivity index (χ2n) is 3.94. The molecule has 3 heteroatoms.